The molecule has 1 aliphatic heterocycles. The summed E-state index contributed by atoms with van der Waals surface area (Å²) in [5, 5.41) is 3.06. The Morgan fingerprint density at radius 3 is 2.47 bits per heavy atom. The average Bonchev–Trinajstić information content (AvgIpc) is 2.74. The van der Waals surface area contributed by atoms with Gasteiger partial charge < -0.3 is 14.8 Å². The molecule has 0 aliphatic carbocycles. The van der Waals surface area contributed by atoms with E-state index in [4.69, 9.17) is 9.47 Å². The predicted molar refractivity (Wildman–Crippen MR) is 115 cm³/mol. The van der Waals surface area contributed by atoms with Crippen LogP contribution in [0, 0.1) is 5.82 Å². The number of hydrogen-bond donors (Lipinski definition) is 1. The van der Waals surface area contributed by atoms with Crippen LogP contribution >= 0.6 is 0 Å². The van der Waals surface area contributed by atoms with Crippen molar-refractivity contribution in [1.82, 2.24) is 10.2 Å². The minimum absolute atomic E-state index is 0.0202. The summed E-state index contributed by atoms with van der Waals surface area (Å²) in [6.45, 7) is 6.71. The Bertz CT molecular complexity index is 831. The SMILES string of the molecule is COc1ccc(CN2CCC(NC(=O)COc3ccc(C(C)C)cc3)CC2)cc1F. The molecule has 0 bridgehead atoms. The normalized spacial score (nSPS) is 15.2. The third-order valence-electron chi connectivity index (χ3n) is 5.49. The van der Waals surface area contributed by atoms with E-state index < -0.39 is 0 Å². The van der Waals surface area contributed by atoms with Gasteiger partial charge in [-0.3, -0.25) is 9.69 Å². The van der Waals surface area contributed by atoms with Gasteiger partial charge in [-0.1, -0.05) is 32.0 Å². The summed E-state index contributed by atoms with van der Waals surface area (Å²) in [6, 6.07) is 13.1. The zero-order chi connectivity index (χ0) is 21.5. The van der Waals surface area contributed by atoms with Gasteiger partial charge in [0.2, 0.25) is 0 Å². The molecule has 3 rings (SSSR count). The highest BCUT2D eigenvalue weighted by atomic mass is 19.1. The lowest BCUT2D eigenvalue weighted by Gasteiger charge is -2.32. The minimum Gasteiger partial charge on any atom is -0.494 e. The molecule has 162 valence electrons. The van der Waals surface area contributed by atoms with Crippen molar-refractivity contribution in [3.05, 3.63) is 59.4 Å². The fourth-order valence-corrected chi connectivity index (χ4v) is 3.67. The van der Waals surface area contributed by atoms with E-state index in [1.807, 2.05) is 30.3 Å². The average molecular weight is 415 g/mol. The number of likely N-dealkylation sites (tertiary alicyclic amines) is 1. The summed E-state index contributed by atoms with van der Waals surface area (Å²) in [5.41, 5.74) is 2.17. The van der Waals surface area contributed by atoms with Crippen molar-refractivity contribution in [2.45, 2.75) is 45.2 Å². The summed E-state index contributed by atoms with van der Waals surface area (Å²) in [6.07, 6.45) is 1.74. The van der Waals surface area contributed by atoms with Crippen LogP contribution in [0.15, 0.2) is 42.5 Å². The lowest BCUT2D eigenvalue weighted by molar-refractivity contribution is -0.124. The summed E-state index contributed by atoms with van der Waals surface area (Å²) < 4.78 is 24.4. The Morgan fingerprint density at radius 2 is 1.87 bits per heavy atom. The number of rotatable bonds is 8. The highest BCUT2D eigenvalue weighted by molar-refractivity contribution is 5.77. The van der Waals surface area contributed by atoms with Crippen LogP contribution in [0.3, 0.4) is 0 Å². The van der Waals surface area contributed by atoms with Crippen LogP contribution in [-0.2, 0) is 11.3 Å². The summed E-state index contributed by atoms with van der Waals surface area (Å²) in [4.78, 5) is 14.5. The van der Waals surface area contributed by atoms with E-state index in [-0.39, 0.29) is 30.1 Å². The van der Waals surface area contributed by atoms with Crippen molar-refractivity contribution < 1.29 is 18.7 Å². The van der Waals surface area contributed by atoms with Gasteiger partial charge in [-0.15, -0.1) is 0 Å². The fraction of sp³-hybridized carbons (Fsp3) is 0.458. The lowest BCUT2D eigenvalue weighted by Crippen LogP contribution is -2.45. The summed E-state index contributed by atoms with van der Waals surface area (Å²) in [5.74, 6) is 1.00. The molecule has 1 saturated heterocycles. The van der Waals surface area contributed by atoms with Crippen molar-refractivity contribution in [2.24, 2.45) is 0 Å². The van der Waals surface area contributed by atoms with Gasteiger partial charge in [-0.25, -0.2) is 4.39 Å². The fourth-order valence-electron chi connectivity index (χ4n) is 3.67. The third kappa shape index (κ3) is 6.20. The second-order valence-electron chi connectivity index (χ2n) is 8.10. The topological polar surface area (TPSA) is 50.8 Å². The van der Waals surface area contributed by atoms with Crippen molar-refractivity contribution in [2.75, 3.05) is 26.8 Å². The first-order valence-corrected chi connectivity index (χ1v) is 10.5. The molecule has 1 amide bonds. The van der Waals surface area contributed by atoms with Crippen LogP contribution in [0.2, 0.25) is 0 Å². The maximum absolute atomic E-state index is 13.9. The van der Waals surface area contributed by atoms with E-state index in [1.54, 1.807) is 6.07 Å². The Balaban J connectivity index is 1.38. The molecule has 30 heavy (non-hydrogen) atoms. The standard InChI is InChI=1S/C24H31FN2O3/c1-17(2)19-5-7-21(8-6-19)30-16-24(28)26-20-10-12-27(13-11-20)15-18-4-9-23(29-3)22(25)14-18/h4-9,14,17,20H,10-13,15-16H2,1-3H3,(H,26,28). The van der Waals surface area contributed by atoms with Crippen LogP contribution < -0.4 is 14.8 Å². The Morgan fingerprint density at radius 1 is 1.17 bits per heavy atom. The van der Waals surface area contributed by atoms with Crippen molar-refractivity contribution in [1.29, 1.82) is 0 Å². The van der Waals surface area contributed by atoms with Crippen molar-refractivity contribution in [3.8, 4) is 11.5 Å². The smallest absolute Gasteiger partial charge is 0.258 e. The summed E-state index contributed by atoms with van der Waals surface area (Å²) in [7, 11) is 1.46. The van der Waals surface area contributed by atoms with Crippen molar-refractivity contribution in [3.63, 3.8) is 0 Å². The molecule has 1 aliphatic rings. The van der Waals surface area contributed by atoms with Gasteiger partial charge in [0.05, 0.1) is 7.11 Å². The molecule has 5 nitrogen and oxygen atoms in total. The third-order valence-corrected chi connectivity index (χ3v) is 5.49. The second-order valence-corrected chi connectivity index (χ2v) is 8.10. The van der Waals surface area contributed by atoms with E-state index >= 15 is 0 Å². The number of carbonyl (C=O) groups is 1. The molecule has 0 radical (unpaired) electrons. The largest absolute Gasteiger partial charge is 0.494 e. The molecule has 0 aromatic heterocycles. The van der Waals surface area contributed by atoms with Crippen LogP contribution in [0.5, 0.6) is 11.5 Å². The molecule has 1 N–H and O–H groups in total. The van der Waals surface area contributed by atoms with Gasteiger partial charge in [-0.2, -0.15) is 0 Å². The van der Waals surface area contributed by atoms with Crippen molar-refractivity contribution >= 4 is 5.91 Å². The molecule has 0 atom stereocenters. The quantitative estimate of drug-likeness (QED) is 0.706. The number of nitrogens with zero attached hydrogens (tertiary/aromatic N) is 1. The first-order chi connectivity index (χ1) is 14.4. The van der Waals surface area contributed by atoms with E-state index in [2.05, 4.69) is 24.1 Å². The molecule has 1 heterocycles. The molecule has 6 heteroatoms. The highest BCUT2D eigenvalue weighted by Crippen LogP contribution is 2.21. The Kier molecular flexibility index (Phi) is 7.69. The van der Waals surface area contributed by atoms with Gasteiger partial charge >= 0.3 is 0 Å². The van der Waals surface area contributed by atoms with Crippen LogP contribution in [0.25, 0.3) is 0 Å². The molecule has 1 fully saturated rings. The van der Waals surface area contributed by atoms with Gasteiger partial charge in [-0.05, 0) is 54.2 Å². The number of benzene rings is 2. The number of ether oxygens (including phenoxy) is 2. The highest BCUT2D eigenvalue weighted by Gasteiger charge is 2.21. The molecular weight excluding hydrogens is 383 g/mol. The van der Waals surface area contributed by atoms with E-state index in [0.29, 0.717) is 18.2 Å². The van der Waals surface area contributed by atoms with E-state index in [9.17, 15) is 9.18 Å². The van der Waals surface area contributed by atoms with Gasteiger partial charge in [0.25, 0.3) is 5.91 Å². The van der Waals surface area contributed by atoms with Gasteiger partial charge in [0, 0.05) is 25.7 Å². The van der Waals surface area contributed by atoms with Crippen LogP contribution in [0.1, 0.15) is 43.7 Å². The molecule has 0 unspecified atom stereocenters. The number of methoxy groups -OCH3 is 1. The molecule has 0 saturated carbocycles. The maximum atomic E-state index is 13.9. The van der Waals surface area contributed by atoms with Crippen LogP contribution in [0.4, 0.5) is 4.39 Å². The second kappa shape index (κ2) is 10.4. The van der Waals surface area contributed by atoms with E-state index in [0.717, 1.165) is 31.5 Å². The monoisotopic (exact) mass is 414 g/mol. The number of nitrogens with one attached hydrogen (secondary N) is 1. The Labute approximate surface area is 178 Å². The molecule has 2 aromatic rings. The number of halogens is 1. The predicted octanol–water partition coefficient (Wildman–Crippen LogP) is 4.12. The van der Waals surface area contributed by atoms with Gasteiger partial charge in [0.1, 0.15) is 5.75 Å². The lowest BCUT2D eigenvalue weighted by atomic mass is 10.0. The van der Waals surface area contributed by atoms with Gasteiger partial charge in [0.15, 0.2) is 18.2 Å². The first-order valence-electron chi connectivity index (χ1n) is 10.5. The Hall–Kier alpha value is -2.60. The maximum Gasteiger partial charge on any atom is 0.258 e. The molecule has 0 spiro atoms. The van der Waals surface area contributed by atoms with Crippen LogP contribution in [-0.4, -0.2) is 43.7 Å². The molecule has 2 aromatic carbocycles. The number of hydrogen-bond acceptors (Lipinski definition) is 4. The zero-order valence-electron chi connectivity index (χ0n) is 18.0. The zero-order valence-corrected chi connectivity index (χ0v) is 18.0. The first kappa shape index (κ1) is 22.1. The summed E-state index contributed by atoms with van der Waals surface area (Å²) >= 11 is 0. The number of piperidine rings is 1. The van der Waals surface area contributed by atoms with E-state index in [1.165, 1.54) is 18.7 Å². The molecular formula is C24H31FN2O3. The minimum atomic E-state index is -0.337. The number of carbonyl (C=O) groups excluding carboxylic acids is 1. The number of amides is 1.